The molecule has 3 heterocycles. The average molecular weight is 494 g/mol. The molecule has 1 atom stereocenters. The molecular weight excluding hydrogens is 462 g/mol. The number of esters is 1. The monoisotopic (exact) mass is 493 g/mol. The second-order valence-corrected chi connectivity index (χ2v) is 9.97. The van der Waals surface area contributed by atoms with Gasteiger partial charge in [-0.05, 0) is 68.0 Å². The predicted octanol–water partition coefficient (Wildman–Crippen LogP) is 4.99. The van der Waals surface area contributed by atoms with E-state index in [0.717, 1.165) is 29.8 Å². The van der Waals surface area contributed by atoms with Crippen molar-refractivity contribution in [1.29, 1.82) is 0 Å². The molecule has 0 radical (unpaired) electrons. The van der Waals surface area contributed by atoms with Crippen LogP contribution in [-0.2, 0) is 28.9 Å². The predicted molar refractivity (Wildman–Crippen MR) is 135 cm³/mol. The number of aryl methyl sites for hydroxylation is 1. The van der Waals surface area contributed by atoms with Crippen molar-refractivity contribution in [2.75, 3.05) is 20.3 Å². The topological polar surface area (TPSA) is 72.8 Å². The van der Waals surface area contributed by atoms with Crippen LogP contribution in [0.4, 0.5) is 4.79 Å². The van der Waals surface area contributed by atoms with E-state index < -0.39 is 0 Å². The smallest absolute Gasteiger partial charge is 0.318 e. The zero-order valence-electron chi connectivity index (χ0n) is 20.2. The first-order valence-electron chi connectivity index (χ1n) is 12.3. The zero-order chi connectivity index (χ0) is 24.4. The molecule has 2 aromatic heterocycles. The van der Waals surface area contributed by atoms with Gasteiger partial charge in [0, 0.05) is 23.2 Å². The Morgan fingerprint density at radius 2 is 1.91 bits per heavy atom. The first-order valence-corrected chi connectivity index (χ1v) is 13.1. The molecule has 0 bridgehead atoms. The Morgan fingerprint density at radius 1 is 1.11 bits per heavy atom. The Labute approximate surface area is 209 Å². The number of aromatic nitrogens is 1. The number of carbonyl (C=O) groups excluding carboxylic acids is 2. The number of hydrogen-bond acceptors (Lipinski definition) is 5. The van der Waals surface area contributed by atoms with Crippen LogP contribution >= 0.6 is 11.3 Å². The van der Waals surface area contributed by atoms with Crippen molar-refractivity contribution in [3.63, 3.8) is 0 Å². The number of benzene rings is 1. The van der Waals surface area contributed by atoms with Gasteiger partial charge in [-0.1, -0.05) is 12.1 Å². The van der Waals surface area contributed by atoms with Gasteiger partial charge in [0.1, 0.15) is 10.8 Å². The summed E-state index contributed by atoms with van der Waals surface area (Å²) in [5.74, 6) is 0.467. The normalized spacial score (nSPS) is 16.5. The van der Waals surface area contributed by atoms with E-state index in [9.17, 15) is 9.59 Å². The van der Waals surface area contributed by atoms with Gasteiger partial charge in [-0.2, -0.15) is 0 Å². The fourth-order valence-electron chi connectivity index (χ4n) is 5.13. The average Bonchev–Trinajstić information content (AvgIpc) is 3.46. The van der Waals surface area contributed by atoms with Gasteiger partial charge in [0.05, 0.1) is 38.4 Å². The van der Waals surface area contributed by atoms with E-state index in [2.05, 4.69) is 28.2 Å². The number of amides is 2. The van der Waals surface area contributed by atoms with Crippen molar-refractivity contribution < 1.29 is 19.1 Å². The van der Waals surface area contributed by atoms with Gasteiger partial charge < -0.3 is 24.3 Å². The number of nitrogens with zero attached hydrogens (tertiary/aromatic N) is 2. The van der Waals surface area contributed by atoms with Gasteiger partial charge in [-0.25, -0.2) is 4.79 Å². The minimum absolute atomic E-state index is 0.138. The maximum absolute atomic E-state index is 13.6. The van der Waals surface area contributed by atoms with Crippen LogP contribution in [0.2, 0.25) is 0 Å². The lowest BCUT2D eigenvalue weighted by molar-refractivity contribution is -0.140. The molecule has 2 aliphatic rings. The van der Waals surface area contributed by atoms with Crippen LogP contribution in [0, 0.1) is 0 Å². The van der Waals surface area contributed by atoms with Crippen molar-refractivity contribution in [3.8, 4) is 10.8 Å². The van der Waals surface area contributed by atoms with Gasteiger partial charge in [0.15, 0.2) is 0 Å². The van der Waals surface area contributed by atoms with Crippen LogP contribution in [0.1, 0.15) is 59.5 Å². The van der Waals surface area contributed by atoms with Crippen molar-refractivity contribution in [1.82, 2.24) is 14.8 Å². The molecule has 1 aliphatic carbocycles. The molecule has 3 aromatic rings. The SMILES string of the molecule is CCOc1ccc(C2c3cccn3-c3sc4c(c3CN2C(=O)NCCC(=O)OC)CCCC4)cc1. The number of methoxy groups -OCH3 is 1. The number of ether oxygens (including phenoxy) is 2. The Balaban J connectivity index is 1.56. The van der Waals surface area contributed by atoms with E-state index in [1.165, 1.54) is 41.0 Å². The fraction of sp³-hybridized carbons (Fsp3) is 0.407. The standard InChI is InChI=1S/C27H31N3O4S/c1-3-34-19-12-10-18(11-13-19)25-22-8-6-16-29(22)26-21(20-7-4-5-9-23(20)35-26)17-30(25)27(32)28-15-14-24(31)33-2/h6,8,10-13,16,25H,3-5,7,9,14-15,17H2,1-2H3,(H,28,32). The minimum atomic E-state index is -0.340. The van der Waals surface area contributed by atoms with E-state index in [-0.39, 0.29) is 31.0 Å². The van der Waals surface area contributed by atoms with Gasteiger partial charge in [0.25, 0.3) is 0 Å². The van der Waals surface area contributed by atoms with Crippen molar-refractivity contribution in [3.05, 3.63) is 69.9 Å². The van der Waals surface area contributed by atoms with E-state index in [4.69, 9.17) is 9.47 Å². The summed E-state index contributed by atoms with van der Waals surface area (Å²) in [6, 6.07) is 11.7. The molecule has 8 heteroatoms. The second-order valence-electron chi connectivity index (χ2n) is 8.89. The fourth-order valence-corrected chi connectivity index (χ4v) is 6.53. The first kappa shape index (κ1) is 23.5. The molecule has 7 nitrogen and oxygen atoms in total. The zero-order valence-corrected chi connectivity index (χ0v) is 21.0. The number of nitrogens with one attached hydrogen (secondary N) is 1. The molecule has 0 saturated heterocycles. The Kier molecular flexibility index (Phi) is 6.81. The third kappa shape index (κ3) is 4.55. The molecule has 5 rings (SSSR count). The van der Waals surface area contributed by atoms with Crippen LogP contribution in [0.25, 0.3) is 5.00 Å². The summed E-state index contributed by atoms with van der Waals surface area (Å²) in [7, 11) is 1.36. The summed E-state index contributed by atoms with van der Waals surface area (Å²) in [5.41, 5.74) is 4.73. The number of thiophene rings is 1. The van der Waals surface area contributed by atoms with Crippen molar-refractivity contribution in [2.24, 2.45) is 0 Å². The van der Waals surface area contributed by atoms with E-state index in [0.29, 0.717) is 13.2 Å². The number of urea groups is 1. The molecule has 0 saturated carbocycles. The van der Waals surface area contributed by atoms with E-state index in [1.54, 1.807) is 0 Å². The lowest BCUT2D eigenvalue weighted by atomic mass is 9.95. The summed E-state index contributed by atoms with van der Waals surface area (Å²) < 4.78 is 12.6. The third-order valence-electron chi connectivity index (χ3n) is 6.78. The molecule has 1 unspecified atom stereocenters. The molecule has 1 aliphatic heterocycles. The van der Waals surface area contributed by atoms with Gasteiger partial charge in [-0.15, -0.1) is 11.3 Å². The van der Waals surface area contributed by atoms with Crippen LogP contribution in [0.15, 0.2) is 42.6 Å². The van der Waals surface area contributed by atoms with Gasteiger partial charge in [0.2, 0.25) is 0 Å². The largest absolute Gasteiger partial charge is 0.494 e. The highest BCUT2D eigenvalue weighted by atomic mass is 32.1. The highest BCUT2D eigenvalue weighted by Crippen LogP contribution is 2.44. The molecule has 2 amide bonds. The van der Waals surface area contributed by atoms with Crippen molar-refractivity contribution >= 4 is 23.3 Å². The lowest BCUT2D eigenvalue weighted by Crippen LogP contribution is -2.42. The van der Waals surface area contributed by atoms with Gasteiger partial charge >= 0.3 is 12.0 Å². The summed E-state index contributed by atoms with van der Waals surface area (Å²) in [6.45, 7) is 3.32. The van der Waals surface area contributed by atoms with Crippen LogP contribution in [-0.4, -0.2) is 41.7 Å². The molecule has 1 N–H and O–H groups in total. The Morgan fingerprint density at radius 3 is 2.69 bits per heavy atom. The quantitative estimate of drug-likeness (QED) is 0.491. The number of carbonyl (C=O) groups is 2. The van der Waals surface area contributed by atoms with Gasteiger partial charge in [-0.3, -0.25) is 4.79 Å². The van der Waals surface area contributed by atoms with Crippen LogP contribution in [0.3, 0.4) is 0 Å². The van der Waals surface area contributed by atoms with Crippen molar-refractivity contribution in [2.45, 2.75) is 51.6 Å². The number of rotatable bonds is 6. The van der Waals surface area contributed by atoms with E-state index >= 15 is 0 Å². The summed E-state index contributed by atoms with van der Waals surface area (Å²) in [5, 5.41) is 4.18. The maximum atomic E-state index is 13.6. The third-order valence-corrected chi connectivity index (χ3v) is 8.11. The number of hydrogen-bond donors (Lipinski definition) is 1. The maximum Gasteiger partial charge on any atom is 0.318 e. The number of fused-ring (bicyclic) bond motifs is 5. The molecule has 1 aromatic carbocycles. The molecular formula is C27H31N3O4S. The van der Waals surface area contributed by atoms with Crippen LogP contribution < -0.4 is 10.1 Å². The second kappa shape index (κ2) is 10.2. The molecule has 35 heavy (non-hydrogen) atoms. The highest BCUT2D eigenvalue weighted by molar-refractivity contribution is 7.15. The molecule has 0 fully saturated rings. The Hall–Kier alpha value is -3.26. The first-order chi connectivity index (χ1) is 17.1. The molecule has 0 spiro atoms. The summed E-state index contributed by atoms with van der Waals surface area (Å²) >= 11 is 1.87. The minimum Gasteiger partial charge on any atom is -0.494 e. The summed E-state index contributed by atoms with van der Waals surface area (Å²) in [4.78, 5) is 28.6. The highest BCUT2D eigenvalue weighted by Gasteiger charge is 2.36. The lowest BCUT2D eigenvalue weighted by Gasteiger charge is -2.31. The van der Waals surface area contributed by atoms with Crippen LogP contribution in [0.5, 0.6) is 5.75 Å². The molecule has 184 valence electrons. The Bertz CT molecular complexity index is 1210. The van der Waals surface area contributed by atoms with E-state index in [1.807, 2.05) is 47.4 Å². The summed E-state index contributed by atoms with van der Waals surface area (Å²) in [6.07, 6.45) is 6.82.